The van der Waals surface area contributed by atoms with Crippen LogP contribution in [0.4, 0.5) is 5.69 Å². The van der Waals surface area contributed by atoms with Gasteiger partial charge in [0, 0.05) is 42.2 Å². The van der Waals surface area contributed by atoms with Gasteiger partial charge in [-0.25, -0.2) is 0 Å². The molecular weight excluding hydrogens is 304 g/mol. The summed E-state index contributed by atoms with van der Waals surface area (Å²) < 4.78 is 1.00. The Morgan fingerprint density at radius 3 is 2.84 bits per heavy atom. The molecule has 4 nitrogen and oxygen atoms in total. The summed E-state index contributed by atoms with van der Waals surface area (Å²) in [7, 11) is 0. The van der Waals surface area contributed by atoms with Crippen LogP contribution in [0.15, 0.2) is 28.9 Å². The molecule has 96 valence electrons. The van der Waals surface area contributed by atoms with Gasteiger partial charge in [0.15, 0.2) is 0 Å². The summed E-state index contributed by atoms with van der Waals surface area (Å²) in [5.41, 5.74) is 2.58. The number of piperazine rings is 1. The van der Waals surface area contributed by atoms with E-state index in [1.165, 1.54) is 0 Å². The summed E-state index contributed by atoms with van der Waals surface area (Å²) in [6.07, 6.45) is 1.67. The van der Waals surface area contributed by atoms with Crippen molar-refractivity contribution < 1.29 is 0 Å². The molecule has 3 rings (SSSR count). The van der Waals surface area contributed by atoms with Crippen molar-refractivity contribution in [1.29, 1.82) is 5.26 Å². The average molecular weight is 317 g/mol. The Balaban J connectivity index is 2.21. The summed E-state index contributed by atoms with van der Waals surface area (Å²) in [5.74, 6) is 0. The minimum atomic E-state index is 0.650. The first-order valence-corrected chi connectivity index (χ1v) is 7.03. The molecule has 0 bridgehead atoms. The molecule has 0 atom stereocenters. The highest BCUT2D eigenvalue weighted by molar-refractivity contribution is 9.10. The van der Waals surface area contributed by atoms with Crippen molar-refractivity contribution in [2.24, 2.45) is 0 Å². The Morgan fingerprint density at radius 2 is 2.11 bits per heavy atom. The summed E-state index contributed by atoms with van der Waals surface area (Å²) in [5, 5.41) is 13.7. The number of aromatic nitrogens is 1. The van der Waals surface area contributed by atoms with Gasteiger partial charge in [-0.2, -0.15) is 5.26 Å². The third-order valence-corrected chi connectivity index (χ3v) is 3.85. The van der Waals surface area contributed by atoms with E-state index in [0.717, 1.165) is 47.2 Å². The van der Waals surface area contributed by atoms with Gasteiger partial charge in [0.1, 0.15) is 6.07 Å². The highest BCUT2D eigenvalue weighted by Gasteiger charge is 2.17. The van der Waals surface area contributed by atoms with Gasteiger partial charge in [-0.3, -0.25) is 4.98 Å². The Morgan fingerprint density at radius 1 is 1.32 bits per heavy atom. The van der Waals surface area contributed by atoms with E-state index in [-0.39, 0.29) is 0 Å². The lowest BCUT2D eigenvalue weighted by atomic mass is 10.1. The third-order valence-electron chi connectivity index (χ3n) is 3.36. The minimum Gasteiger partial charge on any atom is -0.367 e. The fraction of sp³-hybridized carbons (Fsp3) is 0.286. The number of fused-ring (bicyclic) bond motifs is 1. The quantitative estimate of drug-likeness (QED) is 0.877. The molecule has 1 aromatic heterocycles. The van der Waals surface area contributed by atoms with Crippen molar-refractivity contribution in [3.05, 3.63) is 34.4 Å². The molecule has 0 saturated carbocycles. The summed E-state index contributed by atoms with van der Waals surface area (Å²) in [4.78, 5) is 6.64. The van der Waals surface area contributed by atoms with Gasteiger partial charge in [-0.15, -0.1) is 0 Å². The molecule has 0 radical (unpaired) electrons. The van der Waals surface area contributed by atoms with Crippen LogP contribution in [0.5, 0.6) is 0 Å². The zero-order valence-corrected chi connectivity index (χ0v) is 11.9. The second-order valence-electron chi connectivity index (χ2n) is 4.53. The van der Waals surface area contributed by atoms with Crippen molar-refractivity contribution in [2.75, 3.05) is 31.1 Å². The number of anilines is 1. The number of rotatable bonds is 1. The fourth-order valence-electron chi connectivity index (χ4n) is 2.46. The van der Waals surface area contributed by atoms with Crippen LogP contribution in [-0.2, 0) is 0 Å². The number of halogens is 1. The molecular formula is C14H13BrN4. The van der Waals surface area contributed by atoms with Crippen LogP contribution < -0.4 is 10.2 Å². The van der Waals surface area contributed by atoms with E-state index in [4.69, 9.17) is 0 Å². The number of hydrogen-bond acceptors (Lipinski definition) is 4. The maximum absolute atomic E-state index is 9.32. The zero-order valence-electron chi connectivity index (χ0n) is 10.4. The molecule has 1 aliphatic heterocycles. The van der Waals surface area contributed by atoms with E-state index < -0.39 is 0 Å². The molecule has 0 amide bonds. The zero-order chi connectivity index (χ0) is 13.2. The molecule has 5 heteroatoms. The average Bonchev–Trinajstić information content (AvgIpc) is 2.46. The van der Waals surface area contributed by atoms with Crippen LogP contribution in [0.3, 0.4) is 0 Å². The molecule has 2 aromatic rings. The van der Waals surface area contributed by atoms with Gasteiger partial charge in [0.2, 0.25) is 0 Å². The number of nitriles is 1. The van der Waals surface area contributed by atoms with Gasteiger partial charge < -0.3 is 10.2 Å². The second kappa shape index (κ2) is 5.16. The van der Waals surface area contributed by atoms with Gasteiger partial charge in [-0.05, 0) is 18.2 Å². The maximum atomic E-state index is 9.32. The van der Waals surface area contributed by atoms with Crippen LogP contribution in [0.25, 0.3) is 10.9 Å². The van der Waals surface area contributed by atoms with E-state index in [0.29, 0.717) is 5.56 Å². The molecule has 1 N–H and O–H groups in total. The van der Waals surface area contributed by atoms with Gasteiger partial charge in [0.25, 0.3) is 0 Å². The SMILES string of the molecule is N#Cc1cnc2cc(Br)ccc2c1N1CCNCC1. The predicted molar refractivity (Wildman–Crippen MR) is 79.2 cm³/mol. The predicted octanol–water partition coefficient (Wildman–Crippen LogP) is 2.28. The molecule has 2 heterocycles. The second-order valence-corrected chi connectivity index (χ2v) is 5.45. The highest BCUT2D eigenvalue weighted by atomic mass is 79.9. The molecule has 0 unspecified atom stereocenters. The smallest absolute Gasteiger partial charge is 0.103 e. The Bertz CT molecular complexity index is 656. The van der Waals surface area contributed by atoms with E-state index in [9.17, 15) is 5.26 Å². The molecule has 1 aromatic carbocycles. The highest BCUT2D eigenvalue weighted by Crippen LogP contribution is 2.31. The third kappa shape index (κ3) is 2.29. The van der Waals surface area contributed by atoms with E-state index in [1.807, 2.05) is 18.2 Å². The van der Waals surface area contributed by atoms with Crippen molar-refractivity contribution in [3.8, 4) is 6.07 Å². The maximum Gasteiger partial charge on any atom is 0.103 e. The summed E-state index contributed by atoms with van der Waals surface area (Å²) in [6.45, 7) is 3.74. The molecule has 1 fully saturated rings. The first-order valence-electron chi connectivity index (χ1n) is 6.23. The van der Waals surface area contributed by atoms with E-state index in [1.54, 1.807) is 6.20 Å². The molecule has 0 spiro atoms. The van der Waals surface area contributed by atoms with Crippen molar-refractivity contribution in [1.82, 2.24) is 10.3 Å². The Labute approximate surface area is 120 Å². The number of hydrogen-bond donors (Lipinski definition) is 1. The lowest BCUT2D eigenvalue weighted by Gasteiger charge is -2.31. The van der Waals surface area contributed by atoms with Crippen LogP contribution in [0, 0.1) is 11.3 Å². The van der Waals surface area contributed by atoms with Crippen molar-refractivity contribution >= 4 is 32.5 Å². The minimum absolute atomic E-state index is 0.650. The van der Waals surface area contributed by atoms with Gasteiger partial charge in [-0.1, -0.05) is 15.9 Å². The molecule has 19 heavy (non-hydrogen) atoms. The monoisotopic (exact) mass is 316 g/mol. The van der Waals surface area contributed by atoms with E-state index in [2.05, 4.69) is 37.2 Å². The van der Waals surface area contributed by atoms with Crippen LogP contribution in [0.1, 0.15) is 5.56 Å². The Kier molecular flexibility index (Phi) is 3.36. The van der Waals surface area contributed by atoms with Crippen molar-refractivity contribution in [3.63, 3.8) is 0 Å². The lowest BCUT2D eigenvalue weighted by molar-refractivity contribution is 0.590. The number of nitrogens with one attached hydrogen (secondary N) is 1. The fourth-order valence-corrected chi connectivity index (χ4v) is 2.81. The first-order chi connectivity index (χ1) is 9.29. The van der Waals surface area contributed by atoms with Crippen LogP contribution in [-0.4, -0.2) is 31.2 Å². The standard InChI is InChI=1S/C14H13BrN4/c15-11-1-2-12-13(7-11)18-9-10(8-16)14(12)19-5-3-17-4-6-19/h1-2,7,9,17H,3-6H2. The number of nitrogens with zero attached hydrogens (tertiary/aromatic N) is 3. The van der Waals surface area contributed by atoms with Crippen LogP contribution in [0.2, 0.25) is 0 Å². The summed E-state index contributed by atoms with van der Waals surface area (Å²) >= 11 is 3.46. The lowest BCUT2D eigenvalue weighted by Crippen LogP contribution is -2.43. The van der Waals surface area contributed by atoms with Gasteiger partial charge >= 0.3 is 0 Å². The number of pyridine rings is 1. The molecule has 1 saturated heterocycles. The van der Waals surface area contributed by atoms with E-state index >= 15 is 0 Å². The van der Waals surface area contributed by atoms with Crippen LogP contribution >= 0.6 is 15.9 Å². The normalized spacial score (nSPS) is 15.5. The largest absolute Gasteiger partial charge is 0.367 e. The topological polar surface area (TPSA) is 52.0 Å². The number of benzene rings is 1. The van der Waals surface area contributed by atoms with Gasteiger partial charge in [0.05, 0.1) is 16.8 Å². The first kappa shape index (κ1) is 12.4. The molecule has 1 aliphatic rings. The molecule has 0 aliphatic carbocycles. The van der Waals surface area contributed by atoms with Crippen molar-refractivity contribution in [2.45, 2.75) is 0 Å². The summed E-state index contributed by atoms with van der Waals surface area (Å²) in [6, 6.07) is 8.28. The Hall–Kier alpha value is -1.64.